The average molecular weight is 421 g/mol. The Morgan fingerprint density at radius 3 is 2.81 bits per heavy atom. The van der Waals surface area contributed by atoms with Gasteiger partial charge in [-0.2, -0.15) is 5.10 Å². The van der Waals surface area contributed by atoms with E-state index >= 15 is 0 Å². The smallest absolute Gasteiger partial charge is 0.262 e. The van der Waals surface area contributed by atoms with Gasteiger partial charge in [-0.3, -0.25) is 9.78 Å². The zero-order valence-corrected chi connectivity index (χ0v) is 16.2. The van der Waals surface area contributed by atoms with Crippen LogP contribution in [0.25, 0.3) is 5.65 Å². The van der Waals surface area contributed by atoms with Crippen molar-refractivity contribution >= 4 is 23.2 Å². The molecule has 8 nitrogen and oxygen atoms in total. The lowest BCUT2D eigenvalue weighted by Gasteiger charge is -2.26. The number of nitrogens with one attached hydrogen (secondary N) is 1. The van der Waals surface area contributed by atoms with Gasteiger partial charge in [0, 0.05) is 18.9 Å². The molecule has 1 fully saturated rings. The minimum atomic E-state index is -0.492. The summed E-state index contributed by atoms with van der Waals surface area (Å²) in [7, 11) is 0. The number of hydrogen-bond donors (Lipinski definition) is 1. The first-order valence-corrected chi connectivity index (χ1v) is 9.73. The molecule has 1 saturated heterocycles. The van der Waals surface area contributed by atoms with E-state index in [-0.39, 0.29) is 23.2 Å². The van der Waals surface area contributed by atoms with Gasteiger partial charge in [0.25, 0.3) is 5.91 Å². The molecular weight excluding hydrogens is 404 g/mol. The molecule has 5 rings (SSSR count). The lowest BCUT2D eigenvalue weighted by atomic mass is 10.1. The van der Waals surface area contributed by atoms with Crippen molar-refractivity contribution in [2.45, 2.75) is 18.9 Å². The van der Waals surface area contributed by atoms with Crippen LogP contribution in [0, 0.1) is 11.6 Å². The summed E-state index contributed by atoms with van der Waals surface area (Å²) in [6.07, 6.45) is 8.79. The molecule has 0 radical (unpaired) electrons. The topological polar surface area (TPSA) is 88.3 Å². The molecule has 0 bridgehead atoms. The monoisotopic (exact) mass is 421 g/mol. The first kappa shape index (κ1) is 19.0. The third-order valence-electron chi connectivity index (χ3n) is 5.23. The quantitative estimate of drug-likeness (QED) is 0.544. The van der Waals surface area contributed by atoms with Crippen LogP contribution in [-0.4, -0.2) is 37.0 Å². The molecule has 1 aliphatic heterocycles. The van der Waals surface area contributed by atoms with E-state index in [0.29, 0.717) is 11.5 Å². The van der Waals surface area contributed by atoms with Crippen LogP contribution in [-0.2, 0) is 0 Å². The van der Waals surface area contributed by atoms with Gasteiger partial charge in [-0.15, -0.1) is 0 Å². The van der Waals surface area contributed by atoms with Crippen molar-refractivity contribution in [2.24, 2.45) is 0 Å². The fraction of sp³-hybridized carbons (Fsp3) is 0.190. The van der Waals surface area contributed by atoms with Crippen molar-refractivity contribution in [3.63, 3.8) is 0 Å². The Kier molecular flexibility index (Phi) is 4.73. The zero-order valence-electron chi connectivity index (χ0n) is 16.2. The molecule has 0 aromatic carbocycles. The Balaban J connectivity index is 1.46. The number of aromatic nitrogens is 5. The number of pyridine rings is 2. The molecule has 1 amide bonds. The van der Waals surface area contributed by atoms with Crippen molar-refractivity contribution in [1.82, 2.24) is 24.6 Å². The molecule has 1 unspecified atom stereocenters. The number of rotatable bonds is 4. The van der Waals surface area contributed by atoms with Crippen molar-refractivity contribution in [3.05, 3.63) is 78.0 Å². The van der Waals surface area contributed by atoms with Crippen molar-refractivity contribution < 1.29 is 13.6 Å². The van der Waals surface area contributed by atoms with E-state index in [0.717, 1.165) is 31.1 Å². The van der Waals surface area contributed by atoms with E-state index in [2.05, 4.69) is 30.3 Å². The second-order valence-corrected chi connectivity index (χ2v) is 7.22. The Morgan fingerprint density at radius 1 is 1.10 bits per heavy atom. The number of carbonyl (C=O) groups excluding carboxylic acids is 1. The normalized spacial score (nSPS) is 16.1. The van der Waals surface area contributed by atoms with Crippen LogP contribution in [0.15, 0.2) is 55.2 Å². The van der Waals surface area contributed by atoms with Gasteiger partial charge in [-0.1, -0.05) is 0 Å². The van der Waals surface area contributed by atoms with Gasteiger partial charge in [-0.25, -0.2) is 23.3 Å². The molecule has 156 valence electrons. The molecule has 10 heteroatoms. The number of hydrogen-bond acceptors (Lipinski definition) is 6. The summed E-state index contributed by atoms with van der Waals surface area (Å²) in [4.78, 5) is 27.3. The minimum Gasteiger partial charge on any atom is -0.349 e. The zero-order chi connectivity index (χ0) is 21.4. The molecule has 0 spiro atoms. The highest BCUT2D eigenvalue weighted by molar-refractivity contribution is 6.07. The fourth-order valence-electron chi connectivity index (χ4n) is 3.81. The van der Waals surface area contributed by atoms with Gasteiger partial charge in [-0.05, 0) is 42.7 Å². The third kappa shape index (κ3) is 3.67. The highest BCUT2D eigenvalue weighted by atomic mass is 19.1. The molecular formula is C21H17F2N7O. The summed E-state index contributed by atoms with van der Waals surface area (Å²) in [6.45, 7) is 0.750. The second kappa shape index (κ2) is 7.71. The number of nitrogens with zero attached hydrogens (tertiary/aromatic N) is 6. The second-order valence-electron chi connectivity index (χ2n) is 7.22. The first-order chi connectivity index (χ1) is 15.1. The molecule has 1 aliphatic rings. The number of amides is 1. The van der Waals surface area contributed by atoms with Crippen LogP contribution >= 0.6 is 0 Å². The molecule has 1 N–H and O–H groups in total. The summed E-state index contributed by atoms with van der Waals surface area (Å²) in [5.74, 6) is -0.439. The van der Waals surface area contributed by atoms with Crippen molar-refractivity contribution in [3.8, 4) is 0 Å². The van der Waals surface area contributed by atoms with Crippen molar-refractivity contribution in [1.29, 1.82) is 0 Å². The van der Waals surface area contributed by atoms with Crippen molar-refractivity contribution in [2.75, 3.05) is 16.8 Å². The molecule has 1 atom stereocenters. The number of anilines is 2. The van der Waals surface area contributed by atoms with Gasteiger partial charge >= 0.3 is 0 Å². The van der Waals surface area contributed by atoms with Crippen LogP contribution in [0.1, 0.15) is 34.8 Å². The lowest BCUT2D eigenvalue weighted by Crippen LogP contribution is -2.24. The standard InChI is InChI=1S/C21H17F2N7O/c22-14-3-4-18(25-11-14)27-21(31)16-12-26-30-7-5-19(28-20(16)30)29-6-1-2-17(29)13-8-15(23)10-24-9-13/h3-5,7-12,17H,1-2,6H2,(H,25,27,31). The average Bonchev–Trinajstić information content (AvgIpc) is 3.42. The maximum absolute atomic E-state index is 13.7. The highest BCUT2D eigenvalue weighted by Gasteiger charge is 2.28. The van der Waals surface area contributed by atoms with E-state index in [1.165, 1.54) is 35.1 Å². The number of carbonyl (C=O) groups is 1. The molecule has 4 aromatic rings. The van der Waals surface area contributed by atoms with Gasteiger partial charge in [0.05, 0.1) is 24.6 Å². The summed E-state index contributed by atoms with van der Waals surface area (Å²) in [6, 6.07) is 5.83. The summed E-state index contributed by atoms with van der Waals surface area (Å²) in [5.41, 5.74) is 1.42. The van der Waals surface area contributed by atoms with E-state index < -0.39 is 11.7 Å². The Bertz CT molecular complexity index is 1260. The number of halogens is 2. The van der Waals surface area contributed by atoms with Gasteiger partial charge < -0.3 is 10.2 Å². The first-order valence-electron chi connectivity index (χ1n) is 9.73. The molecule has 0 saturated carbocycles. The van der Waals surface area contributed by atoms with Crippen LogP contribution in [0.4, 0.5) is 20.4 Å². The van der Waals surface area contributed by atoms with Crippen LogP contribution in [0.5, 0.6) is 0 Å². The van der Waals surface area contributed by atoms with E-state index in [9.17, 15) is 13.6 Å². The number of fused-ring (bicyclic) bond motifs is 1. The van der Waals surface area contributed by atoms with E-state index in [1.807, 2.05) is 6.07 Å². The van der Waals surface area contributed by atoms with Crippen LogP contribution in [0.3, 0.4) is 0 Å². The van der Waals surface area contributed by atoms with Crippen LogP contribution in [0.2, 0.25) is 0 Å². The SMILES string of the molecule is O=C(Nc1ccc(F)cn1)c1cnn2ccc(N3CCCC3c3cncc(F)c3)nc12. The molecule has 0 aliphatic carbocycles. The predicted molar refractivity (Wildman–Crippen MR) is 109 cm³/mol. The minimum absolute atomic E-state index is 0.0539. The van der Waals surface area contributed by atoms with E-state index in [4.69, 9.17) is 0 Å². The third-order valence-corrected chi connectivity index (χ3v) is 5.23. The largest absolute Gasteiger partial charge is 0.349 e. The predicted octanol–water partition coefficient (Wildman–Crippen LogP) is 3.39. The maximum atomic E-state index is 13.7. The maximum Gasteiger partial charge on any atom is 0.262 e. The Morgan fingerprint density at radius 2 is 2.00 bits per heavy atom. The summed E-state index contributed by atoms with van der Waals surface area (Å²) < 4.78 is 28.2. The Hall–Kier alpha value is -3.95. The van der Waals surface area contributed by atoms with Gasteiger partial charge in [0.15, 0.2) is 5.65 Å². The molecule has 4 aromatic heterocycles. The van der Waals surface area contributed by atoms with Crippen LogP contribution < -0.4 is 10.2 Å². The Labute approximate surface area is 175 Å². The molecule has 5 heterocycles. The van der Waals surface area contributed by atoms with Gasteiger partial charge in [0.2, 0.25) is 0 Å². The van der Waals surface area contributed by atoms with Gasteiger partial charge in [0.1, 0.15) is 28.8 Å². The van der Waals surface area contributed by atoms with E-state index in [1.54, 1.807) is 12.4 Å². The fourth-order valence-corrected chi connectivity index (χ4v) is 3.81. The molecule has 31 heavy (non-hydrogen) atoms. The highest BCUT2D eigenvalue weighted by Crippen LogP contribution is 2.35. The summed E-state index contributed by atoms with van der Waals surface area (Å²) >= 11 is 0. The lowest BCUT2D eigenvalue weighted by molar-refractivity contribution is 0.102. The summed E-state index contributed by atoms with van der Waals surface area (Å²) in [5, 5.41) is 6.81.